The molecule has 0 aliphatic carbocycles. The van der Waals surface area contributed by atoms with E-state index in [1.54, 1.807) is 0 Å². The molecule has 0 saturated carbocycles. The van der Waals surface area contributed by atoms with E-state index in [9.17, 15) is 5.26 Å². The van der Waals surface area contributed by atoms with Gasteiger partial charge < -0.3 is 9.13 Å². The number of para-hydroxylation sites is 4. The Morgan fingerprint density at radius 2 is 1.05 bits per heavy atom. The quantitative estimate of drug-likeness (QED) is 0.238. The fourth-order valence-electron chi connectivity index (χ4n) is 6.15. The van der Waals surface area contributed by atoms with E-state index in [0.717, 1.165) is 44.6 Å². The number of fused-ring (bicyclic) bond motifs is 6. The summed E-state index contributed by atoms with van der Waals surface area (Å²) in [6, 6.07) is 44.4. The van der Waals surface area contributed by atoms with Gasteiger partial charge in [-0.2, -0.15) is 5.26 Å². The zero-order chi connectivity index (χ0) is 26.6. The summed E-state index contributed by atoms with van der Waals surface area (Å²) in [7, 11) is 0. The lowest BCUT2D eigenvalue weighted by Crippen LogP contribution is -2.00. The zero-order valence-electron chi connectivity index (χ0n) is 21.5. The van der Waals surface area contributed by atoms with Crippen molar-refractivity contribution in [3.05, 3.63) is 139 Å². The highest BCUT2D eigenvalue weighted by molar-refractivity contribution is 6.10. The van der Waals surface area contributed by atoms with Crippen molar-refractivity contribution in [3.8, 4) is 28.6 Å². The van der Waals surface area contributed by atoms with Crippen molar-refractivity contribution in [2.45, 2.75) is 0 Å². The van der Waals surface area contributed by atoms with Crippen molar-refractivity contribution in [2.24, 2.45) is 0 Å². The van der Waals surface area contributed by atoms with Gasteiger partial charge in [-0.15, -0.1) is 0 Å². The van der Waals surface area contributed by atoms with Crippen molar-refractivity contribution >= 4 is 43.6 Å². The molecule has 4 heteroatoms. The average molecular weight is 511 g/mol. The number of hydrogen-bond acceptors (Lipinski definition) is 2. The van der Waals surface area contributed by atoms with Crippen LogP contribution in [0, 0.1) is 11.3 Å². The molecule has 186 valence electrons. The molecule has 0 unspecified atom stereocenters. The summed E-state index contributed by atoms with van der Waals surface area (Å²) in [6.45, 7) is 0. The molecule has 3 heterocycles. The molecule has 4 nitrogen and oxygen atoms in total. The van der Waals surface area contributed by atoms with Crippen LogP contribution in [0.3, 0.4) is 0 Å². The SMILES string of the molecule is N#Cc1cc(-c2cnccc2-n2c3ccccc3c3ccccc32)cc(-n2c3ccccc3c3ccccc32)c1. The van der Waals surface area contributed by atoms with Gasteiger partial charge in [0.1, 0.15) is 0 Å². The number of nitriles is 1. The van der Waals surface area contributed by atoms with Crippen molar-refractivity contribution in [3.63, 3.8) is 0 Å². The normalized spacial score (nSPS) is 11.5. The van der Waals surface area contributed by atoms with Gasteiger partial charge in [-0.1, -0.05) is 72.8 Å². The second-order valence-electron chi connectivity index (χ2n) is 10.0. The minimum absolute atomic E-state index is 0.603. The van der Waals surface area contributed by atoms with E-state index in [2.05, 4.69) is 129 Å². The number of aromatic nitrogens is 3. The second-order valence-corrected chi connectivity index (χ2v) is 10.0. The Kier molecular flexibility index (Phi) is 4.85. The molecular weight excluding hydrogens is 488 g/mol. The van der Waals surface area contributed by atoms with Gasteiger partial charge in [-0.25, -0.2) is 0 Å². The van der Waals surface area contributed by atoms with E-state index in [1.807, 2.05) is 24.5 Å². The van der Waals surface area contributed by atoms with Crippen molar-refractivity contribution in [1.82, 2.24) is 14.1 Å². The molecule has 3 aromatic heterocycles. The molecule has 0 fully saturated rings. The van der Waals surface area contributed by atoms with E-state index >= 15 is 0 Å². The third kappa shape index (κ3) is 3.22. The summed E-state index contributed by atoms with van der Waals surface area (Å²) >= 11 is 0. The van der Waals surface area contributed by atoms with Gasteiger partial charge in [0, 0.05) is 45.2 Å². The van der Waals surface area contributed by atoms with Gasteiger partial charge in [-0.3, -0.25) is 4.98 Å². The summed E-state index contributed by atoms with van der Waals surface area (Å²) in [6.07, 6.45) is 3.75. The molecule has 8 aromatic rings. The molecule has 0 amide bonds. The van der Waals surface area contributed by atoms with Crippen molar-refractivity contribution < 1.29 is 0 Å². The molecule has 0 spiro atoms. The molecule has 40 heavy (non-hydrogen) atoms. The van der Waals surface area contributed by atoms with E-state index in [-0.39, 0.29) is 0 Å². The van der Waals surface area contributed by atoms with Crippen LogP contribution in [-0.2, 0) is 0 Å². The Morgan fingerprint density at radius 1 is 0.550 bits per heavy atom. The molecule has 8 rings (SSSR count). The van der Waals surface area contributed by atoms with Gasteiger partial charge in [0.05, 0.1) is 39.4 Å². The maximum absolute atomic E-state index is 10.1. The number of rotatable bonds is 3. The lowest BCUT2D eigenvalue weighted by Gasteiger charge is -2.15. The van der Waals surface area contributed by atoms with Gasteiger partial charge in [0.25, 0.3) is 0 Å². The van der Waals surface area contributed by atoms with Crippen LogP contribution in [0.5, 0.6) is 0 Å². The highest BCUT2D eigenvalue weighted by Gasteiger charge is 2.18. The largest absolute Gasteiger partial charge is 0.309 e. The standard InChI is InChI=1S/C36H22N4/c37-22-24-19-25(21-26(20-24)39-32-13-5-1-9-27(32)28-10-2-6-14-33(28)39)31-23-38-18-17-36(31)40-34-15-7-3-11-29(34)30-12-4-8-16-35(30)40/h1-21,23H. The number of nitrogens with zero attached hydrogens (tertiary/aromatic N) is 4. The molecule has 0 N–H and O–H groups in total. The van der Waals surface area contributed by atoms with Crippen LogP contribution in [0.15, 0.2) is 134 Å². The number of hydrogen-bond donors (Lipinski definition) is 0. The van der Waals surface area contributed by atoms with Crippen LogP contribution < -0.4 is 0 Å². The predicted octanol–water partition coefficient (Wildman–Crippen LogP) is 8.81. The lowest BCUT2D eigenvalue weighted by molar-refractivity contribution is 1.15. The van der Waals surface area contributed by atoms with Crippen LogP contribution in [0.2, 0.25) is 0 Å². The fraction of sp³-hybridized carbons (Fsp3) is 0. The van der Waals surface area contributed by atoms with Gasteiger partial charge >= 0.3 is 0 Å². The van der Waals surface area contributed by atoms with E-state index in [0.29, 0.717) is 5.56 Å². The minimum Gasteiger partial charge on any atom is -0.309 e. The Bertz CT molecular complexity index is 2190. The monoisotopic (exact) mass is 510 g/mol. The first kappa shape index (κ1) is 22.3. The van der Waals surface area contributed by atoms with Gasteiger partial charge in [0.15, 0.2) is 0 Å². The van der Waals surface area contributed by atoms with Crippen LogP contribution in [0.4, 0.5) is 0 Å². The van der Waals surface area contributed by atoms with Gasteiger partial charge in [0.2, 0.25) is 0 Å². The first-order chi connectivity index (χ1) is 19.8. The first-order valence-electron chi connectivity index (χ1n) is 13.3. The summed E-state index contributed by atoms with van der Waals surface area (Å²) in [4.78, 5) is 4.54. The minimum atomic E-state index is 0.603. The topological polar surface area (TPSA) is 46.5 Å². The third-order valence-electron chi connectivity index (χ3n) is 7.82. The molecular formula is C36H22N4. The first-order valence-corrected chi connectivity index (χ1v) is 13.3. The van der Waals surface area contributed by atoms with Crippen LogP contribution >= 0.6 is 0 Å². The highest BCUT2D eigenvalue weighted by atomic mass is 15.0. The molecule has 0 saturated heterocycles. The van der Waals surface area contributed by atoms with Gasteiger partial charge in [-0.05, 0) is 54.1 Å². The molecule has 0 atom stereocenters. The molecule has 0 radical (unpaired) electrons. The molecule has 5 aromatic carbocycles. The van der Waals surface area contributed by atoms with Crippen molar-refractivity contribution in [1.29, 1.82) is 5.26 Å². The lowest BCUT2D eigenvalue weighted by atomic mass is 10.0. The molecule has 0 aliphatic heterocycles. The smallest absolute Gasteiger partial charge is 0.0992 e. The Balaban J connectivity index is 1.43. The fourth-order valence-corrected chi connectivity index (χ4v) is 6.15. The maximum Gasteiger partial charge on any atom is 0.0992 e. The summed E-state index contributed by atoms with van der Waals surface area (Å²) in [5.74, 6) is 0. The Labute approximate surface area is 230 Å². The summed E-state index contributed by atoms with van der Waals surface area (Å²) in [5, 5.41) is 14.9. The summed E-state index contributed by atoms with van der Waals surface area (Å²) in [5.41, 5.74) is 8.97. The molecule has 0 aliphatic rings. The van der Waals surface area contributed by atoms with E-state index in [4.69, 9.17) is 0 Å². The number of pyridine rings is 1. The molecule has 0 bridgehead atoms. The van der Waals surface area contributed by atoms with Crippen LogP contribution in [0.1, 0.15) is 5.56 Å². The Hall–Kier alpha value is -5.66. The Morgan fingerprint density at radius 3 is 1.57 bits per heavy atom. The average Bonchev–Trinajstić information content (AvgIpc) is 3.54. The van der Waals surface area contributed by atoms with Crippen LogP contribution in [0.25, 0.3) is 66.1 Å². The summed E-state index contributed by atoms with van der Waals surface area (Å²) < 4.78 is 4.56. The second kappa shape index (κ2) is 8.69. The van der Waals surface area contributed by atoms with Crippen molar-refractivity contribution in [2.75, 3.05) is 0 Å². The van der Waals surface area contributed by atoms with E-state index < -0.39 is 0 Å². The zero-order valence-corrected chi connectivity index (χ0v) is 21.5. The predicted molar refractivity (Wildman–Crippen MR) is 163 cm³/mol. The highest BCUT2D eigenvalue weighted by Crippen LogP contribution is 2.38. The maximum atomic E-state index is 10.1. The third-order valence-corrected chi connectivity index (χ3v) is 7.82. The van der Waals surface area contributed by atoms with E-state index in [1.165, 1.54) is 21.5 Å². The number of benzene rings is 5. The van der Waals surface area contributed by atoms with Crippen LogP contribution in [-0.4, -0.2) is 14.1 Å².